The van der Waals surface area contributed by atoms with Crippen molar-refractivity contribution < 1.29 is 13.6 Å². The number of thiazole rings is 1. The van der Waals surface area contributed by atoms with E-state index in [4.69, 9.17) is 0 Å². The zero-order valence-corrected chi connectivity index (χ0v) is 18.0. The molecule has 0 saturated carbocycles. The largest absolute Gasteiger partial charge is 0.348 e. The maximum atomic E-state index is 13.7. The fourth-order valence-corrected chi connectivity index (χ4v) is 5.29. The summed E-state index contributed by atoms with van der Waals surface area (Å²) in [5.74, 6) is -1.83. The Balaban J connectivity index is 1.34. The maximum absolute atomic E-state index is 13.7. The minimum Gasteiger partial charge on any atom is -0.348 e. The number of pyridine rings is 1. The number of anilines is 1. The molecule has 2 aliphatic rings. The van der Waals surface area contributed by atoms with Crippen molar-refractivity contribution in [3.05, 3.63) is 40.2 Å². The Morgan fingerprint density at radius 2 is 1.93 bits per heavy atom. The van der Waals surface area contributed by atoms with Crippen LogP contribution in [0.3, 0.4) is 0 Å². The average Bonchev–Trinajstić information content (AvgIpc) is 3.15. The van der Waals surface area contributed by atoms with Gasteiger partial charge in [0.15, 0.2) is 5.13 Å². The summed E-state index contributed by atoms with van der Waals surface area (Å²) < 4.78 is 26.7. The molecule has 0 aliphatic carbocycles. The number of halogens is 2. The van der Waals surface area contributed by atoms with Crippen molar-refractivity contribution in [3.8, 4) is 0 Å². The summed E-state index contributed by atoms with van der Waals surface area (Å²) in [5, 5.41) is 3.53. The lowest BCUT2D eigenvalue weighted by Crippen LogP contribution is -2.46. The van der Waals surface area contributed by atoms with Gasteiger partial charge in [0.1, 0.15) is 16.5 Å². The van der Waals surface area contributed by atoms with Gasteiger partial charge in [0.05, 0.1) is 24.1 Å². The molecule has 2 fully saturated rings. The molecule has 9 heteroatoms. The van der Waals surface area contributed by atoms with Crippen molar-refractivity contribution in [2.75, 3.05) is 31.1 Å². The van der Waals surface area contributed by atoms with Gasteiger partial charge in [-0.2, -0.15) is 0 Å². The predicted molar refractivity (Wildman–Crippen MR) is 113 cm³/mol. The summed E-state index contributed by atoms with van der Waals surface area (Å²) in [6.07, 6.45) is 7.14. The topological polar surface area (TPSA) is 61.4 Å². The number of rotatable bonds is 5. The van der Waals surface area contributed by atoms with E-state index in [2.05, 4.69) is 25.1 Å². The number of carbonyl (C=O) groups is 1. The van der Waals surface area contributed by atoms with Crippen LogP contribution in [0, 0.1) is 18.6 Å². The second kappa shape index (κ2) is 9.34. The van der Waals surface area contributed by atoms with Crippen molar-refractivity contribution in [1.82, 2.24) is 20.2 Å². The fourth-order valence-electron chi connectivity index (χ4n) is 4.25. The molecule has 4 heterocycles. The number of hydrogen-bond donors (Lipinski definition) is 1. The summed E-state index contributed by atoms with van der Waals surface area (Å²) in [4.78, 5) is 26.3. The normalized spacial score (nSPS) is 18.6. The van der Waals surface area contributed by atoms with Crippen molar-refractivity contribution in [3.63, 3.8) is 0 Å². The Labute approximate surface area is 179 Å². The third-order valence-electron chi connectivity index (χ3n) is 5.93. The van der Waals surface area contributed by atoms with Gasteiger partial charge in [-0.3, -0.25) is 9.78 Å². The Bertz CT molecular complexity index is 892. The molecule has 1 amide bonds. The minimum atomic E-state index is -0.770. The Morgan fingerprint density at radius 3 is 2.63 bits per heavy atom. The number of piperidine rings is 2. The van der Waals surface area contributed by atoms with Gasteiger partial charge in [-0.05, 0) is 45.7 Å². The molecule has 30 heavy (non-hydrogen) atoms. The molecule has 1 N–H and O–H groups in total. The van der Waals surface area contributed by atoms with Gasteiger partial charge in [-0.1, -0.05) is 17.8 Å². The van der Waals surface area contributed by atoms with Crippen LogP contribution < -0.4 is 10.2 Å². The van der Waals surface area contributed by atoms with Gasteiger partial charge in [0.2, 0.25) is 0 Å². The van der Waals surface area contributed by atoms with Gasteiger partial charge in [-0.25, -0.2) is 13.8 Å². The first-order chi connectivity index (χ1) is 14.5. The standard InChI is InChI=1S/C21H27F2N5OS/c1-14-19(20(29)25-13-18-17(23)11-15(22)12-24-18)30-21(26-14)28-9-5-16(6-10-28)27-7-3-2-4-8-27/h11-12,16H,2-10,13H2,1H3,(H,25,29). The van der Waals surface area contributed by atoms with Gasteiger partial charge in [0.25, 0.3) is 5.91 Å². The molecular weight excluding hydrogens is 408 g/mol. The smallest absolute Gasteiger partial charge is 0.263 e. The van der Waals surface area contributed by atoms with E-state index in [0.29, 0.717) is 16.6 Å². The van der Waals surface area contributed by atoms with Crippen LogP contribution in [0.2, 0.25) is 0 Å². The zero-order valence-electron chi connectivity index (χ0n) is 17.2. The van der Waals surface area contributed by atoms with E-state index in [9.17, 15) is 13.6 Å². The predicted octanol–water partition coefficient (Wildman–Crippen LogP) is 3.51. The van der Waals surface area contributed by atoms with E-state index < -0.39 is 11.6 Å². The summed E-state index contributed by atoms with van der Waals surface area (Å²) in [6, 6.07) is 1.42. The molecular formula is C21H27F2N5OS. The van der Waals surface area contributed by atoms with Gasteiger partial charge in [0, 0.05) is 25.2 Å². The molecule has 2 aromatic heterocycles. The van der Waals surface area contributed by atoms with Crippen LogP contribution in [0.1, 0.15) is 53.2 Å². The van der Waals surface area contributed by atoms with Crippen molar-refractivity contribution in [2.45, 2.75) is 51.6 Å². The second-order valence-electron chi connectivity index (χ2n) is 7.99. The highest BCUT2D eigenvalue weighted by Crippen LogP contribution is 2.30. The van der Waals surface area contributed by atoms with Crippen molar-refractivity contribution in [1.29, 1.82) is 0 Å². The quantitative estimate of drug-likeness (QED) is 0.779. The SMILES string of the molecule is Cc1nc(N2CCC(N3CCCCC3)CC2)sc1C(=O)NCc1ncc(F)cc1F. The first-order valence-electron chi connectivity index (χ1n) is 10.6. The lowest BCUT2D eigenvalue weighted by atomic mass is 10.0. The highest BCUT2D eigenvalue weighted by atomic mass is 32.1. The minimum absolute atomic E-state index is 0.00641. The van der Waals surface area contributed by atoms with Crippen LogP contribution in [0.15, 0.2) is 12.3 Å². The second-order valence-corrected chi connectivity index (χ2v) is 8.97. The summed E-state index contributed by atoms with van der Waals surface area (Å²) in [7, 11) is 0. The molecule has 0 atom stereocenters. The van der Waals surface area contributed by atoms with Gasteiger partial charge in [-0.15, -0.1) is 0 Å². The van der Waals surface area contributed by atoms with E-state index in [-0.39, 0.29) is 18.1 Å². The number of aryl methyl sites for hydroxylation is 1. The number of amides is 1. The van der Waals surface area contributed by atoms with Crippen LogP contribution in [-0.4, -0.2) is 53.0 Å². The molecule has 2 aliphatic heterocycles. The average molecular weight is 436 g/mol. The van der Waals surface area contributed by atoms with Crippen LogP contribution in [0.25, 0.3) is 0 Å². The molecule has 2 saturated heterocycles. The molecule has 6 nitrogen and oxygen atoms in total. The maximum Gasteiger partial charge on any atom is 0.263 e. The number of nitrogens with one attached hydrogen (secondary N) is 1. The molecule has 4 rings (SSSR count). The highest BCUT2D eigenvalue weighted by Gasteiger charge is 2.27. The summed E-state index contributed by atoms with van der Waals surface area (Å²) >= 11 is 1.37. The van der Waals surface area contributed by atoms with E-state index >= 15 is 0 Å². The van der Waals surface area contributed by atoms with Crippen LogP contribution in [0.4, 0.5) is 13.9 Å². The molecule has 0 bridgehead atoms. The Kier molecular flexibility index (Phi) is 6.58. The van der Waals surface area contributed by atoms with E-state index in [1.54, 1.807) is 0 Å². The molecule has 2 aromatic rings. The van der Waals surface area contributed by atoms with E-state index in [0.717, 1.165) is 43.3 Å². The third-order valence-corrected chi connectivity index (χ3v) is 7.15. The van der Waals surface area contributed by atoms with Crippen LogP contribution >= 0.6 is 11.3 Å². The monoisotopic (exact) mass is 435 g/mol. The van der Waals surface area contributed by atoms with Crippen molar-refractivity contribution in [2.24, 2.45) is 0 Å². The van der Waals surface area contributed by atoms with Gasteiger partial charge < -0.3 is 15.1 Å². The Morgan fingerprint density at radius 1 is 1.20 bits per heavy atom. The molecule has 162 valence electrons. The molecule has 0 spiro atoms. The fraction of sp³-hybridized carbons (Fsp3) is 0.571. The number of hydrogen-bond acceptors (Lipinski definition) is 6. The van der Waals surface area contributed by atoms with Crippen LogP contribution in [-0.2, 0) is 6.54 Å². The van der Waals surface area contributed by atoms with E-state index in [1.165, 1.54) is 43.7 Å². The van der Waals surface area contributed by atoms with Crippen LogP contribution in [0.5, 0.6) is 0 Å². The van der Waals surface area contributed by atoms with Crippen molar-refractivity contribution >= 4 is 22.4 Å². The summed E-state index contributed by atoms with van der Waals surface area (Å²) in [6.45, 7) is 6.04. The third kappa shape index (κ3) is 4.78. The highest BCUT2D eigenvalue weighted by molar-refractivity contribution is 7.17. The summed E-state index contributed by atoms with van der Waals surface area (Å²) in [5.41, 5.74) is 0.671. The lowest BCUT2D eigenvalue weighted by molar-refractivity contribution is 0.0953. The van der Waals surface area contributed by atoms with E-state index in [1.807, 2.05) is 6.92 Å². The zero-order chi connectivity index (χ0) is 21.1. The molecule has 0 aromatic carbocycles. The first kappa shape index (κ1) is 21.1. The van der Waals surface area contributed by atoms with Gasteiger partial charge >= 0.3 is 0 Å². The number of likely N-dealkylation sites (tertiary alicyclic amines) is 1. The lowest BCUT2D eigenvalue weighted by Gasteiger charge is -2.40. The number of carbonyl (C=O) groups excluding carboxylic acids is 1. The number of nitrogens with zero attached hydrogens (tertiary/aromatic N) is 4. The number of aromatic nitrogens is 2. The Hall–Kier alpha value is -2.13. The molecule has 0 radical (unpaired) electrons. The molecule has 0 unspecified atom stereocenters. The first-order valence-corrected chi connectivity index (χ1v) is 11.4.